The Morgan fingerprint density at radius 3 is 2.50 bits per heavy atom. The zero-order valence-corrected chi connectivity index (χ0v) is 15.2. The first-order chi connectivity index (χ1) is 13.1. The van der Waals surface area contributed by atoms with Crippen molar-refractivity contribution >= 4 is 15.8 Å². The van der Waals surface area contributed by atoms with Gasteiger partial charge in [-0.3, -0.25) is 4.72 Å². The van der Waals surface area contributed by atoms with E-state index in [1.807, 2.05) is 0 Å². The van der Waals surface area contributed by atoms with Gasteiger partial charge in [0.05, 0.1) is 22.7 Å². The fourth-order valence-corrected chi connectivity index (χ4v) is 3.52. The van der Waals surface area contributed by atoms with Gasteiger partial charge in [-0.2, -0.15) is 13.2 Å². The number of halogens is 4. The molecule has 3 rings (SSSR count). The average molecular weight is 414 g/mol. The van der Waals surface area contributed by atoms with Crippen LogP contribution in [0.15, 0.2) is 53.4 Å². The SMILES string of the molecule is Cc1c(NS(=O)(=O)c2cccc(C(F)(F)F)c2)nnn1Cc1ccccc1F. The first-order valence-electron chi connectivity index (χ1n) is 7.91. The van der Waals surface area contributed by atoms with Crippen molar-refractivity contribution in [2.75, 3.05) is 4.72 Å². The van der Waals surface area contributed by atoms with Crippen LogP contribution in [-0.2, 0) is 22.7 Å². The van der Waals surface area contributed by atoms with Crippen molar-refractivity contribution in [2.45, 2.75) is 24.5 Å². The Balaban J connectivity index is 1.86. The van der Waals surface area contributed by atoms with Crippen LogP contribution in [0, 0.1) is 12.7 Å². The second-order valence-electron chi connectivity index (χ2n) is 5.90. The first kappa shape index (κ1) is 19.8. The van der Waals surface area contributed by atoms with Gasteiger partial charge in [0.15, 0.2) is 5.82 Å². The van der Waals surface area contributed by atoms with Crippen molar-refractivity contribution in [3.05, 3.63) is 71.2 Å². The second kappa shape index (κ2) is 7.23. The zero-order valence-electron chi connectivity index (χ0n) is 14.4. The van der Waals surface area contributed by atoms with Crippen LogP contribution < -0.4 is 4.72 Å². The summed E-state index contributed by atoms with van der Waals surface area (Å²) in [6, 6.07) is 9.33. The van der Waals surface area contributed by atoms with Crippen LogP contribution >= 0.6 is 0 Å². The molecule has 0 unspecified atom stereocenters. The van der Waals surface area contributed by atoms with Crippen LogP contribution in [0.25, 0.3) is 0 Å². The van der Waals surface area contributed by atoms with Gasteiger partial charge in [0.2, 0.25) is 0 Å². The highest BCUT2D eigenvalue weighted by atomic mass is 32.2. The summed E-state index contributed by atoms with van der Waals surface area (Å²) in [5.74, 6) is -0.614. The second-order valence-corrected chi connectivity index (χ2v) is 7.59. The fourth-order valence-electron chi connectivity index (χ4n) is 2.42. The van der Waals surface area contributed by atoms with Crippen molar-refractivity contribution in [3.63, 3.8) is 0 Å². The molecule has 2 aromatic carbocycles. The van der Waals surface area contributed by atoms with Gasteiger partial charge in [0, 0.05) is 5.56 Å². The van der Waals surface area contributed by atoms with Gasteiger partial charge < -0.3 is 0 Å². The van der Waals surface area contributed by atoms with E-state index in [0.717, 1.165) is 18.2 Å². The topological polar surface area (TPSA) is 76.9 Å². The number of anilines is 1. The van der Waals surface area contributed by atoms with E-state index >= 15 is 0 Å². The molecule has 1 aromatic heterocycles. The molecule has 0 saturated heterocycles. The number of nitrogens with zero attached hydrogens (tertiary/aromatic N) is 3. The minimum Gasteiger partial charge on any atom is -0.260 e. The number of nitrogens with one attached hydrogen (secondary N) is 1. The molecule has 0 aliphatic carbocycles. The molecular weight excluding hydrogens is 400 g/mol. The van der Waals surface area contributed by atoms with Crippen molar-refractivity contribution in [1.82, 2.24) is 15.0 Å². The van der Waals surface area contributed by atoms with Crippen LogP contribution in [0.1, 0.15) is 16.8 Å². The van der Waals surface area contributed by atoms with E-state index in [1.165, 1.54) is 23.7 Å². The Bertz CT molecular complexity index is 1110. The molecule has 3 aromatic rings. The van der Waals surface area contributed by atoms with Crippen LogP contribution in [0.3, 0.4) is 0 Å². The molecule has 148 valence electrons. The highest BCUT2D eigenvalue weighted by molar-refractivity contribution is 7.92. The smallest absolute Gasteiger partial charge is 0.260 e. The molecule has 0 bridgehead atoms. The lowest BCUT2D eigenvalue weighted by molar-refractivity contribution is -0.137. The highest BCUT2D eigenvalue weighted by Crippen LogP contribution is 2.31. The lowest BCUT2D eigenvalue weighted by Crippen LogP contribution is -2.15. The van der Waals surface area contributed by atoms with Gasteiger partial charge in [-0.25, -0.2) is 17.5 Å². The summed E-state index contributed by atoms with van der Waals surface area (Å²) < 4.78 is 80.5. The Hall–Kier alpha value is -2.95. The number of hydrogen-bond donors (Lipinski definition) is 1. The van der Waals surface area contributed by atoms with Gasteiger partial charge in [0.1, 0.15) is 5.82 Å². The van der Waals surface area contributed by atoms with Gasteiger partial charge in [-0.15, -0.1) is 5.10 Å². The van der Waals surface area contributed by atoms with Crippen molar-refractivity contribution in [3.8, 4) is 0 Å². The molecule has 28 heavy (non-hydrogen) atoms. The summed E-state index contributed by atoms with van der Waals surface area (Å²) in [4.78, 5) is -0.564. The summed E-state index contributed by atoms with van der Waals surface area (Å²) >= 11 is 0. The number of rotatable bonds is 5. The summed E-state index contributed by atoms with van der Waals surface area (Å²) in [5.41, 5.74) is -0.489. The molecule has 0 saturated carbocycles. The van der Waals surface area contributed by atoms with E-state index in [2.05, 4.69) is 15.0 Å². The third-order valence-electron chi connectivity index (χ3n) is 3.96. The van der Waals surface area contributed by atoms with Gasteiger partial charge in [-0.1, -0.05) is 29.5 Å². The van der Waals surface area contributed by atoms with Gasteiger partial charge in [-0.05, 0) is 31.2 Å². The quantitative estimate of drug-likeness (QED) is 0.648. The summed E-state index contributed by atoms with van der Waals surface area (Å²) in [7, 11) is -4.33. The zero-order chi connectivity index (χ0) is 20.5. The van der Waals surface area contributed by atoms with E-state index < -0.39 is 32.5 Å². The Morgan fingerprint density at radius 1 is 1.11 bits per heavy atom. The third-order valence-corrected chi connectivity index (χ3v) is 5.30. The number of sulfonamides is 1. The summed E-state index contributed by atoms with van der Waals surface area (Å²) in [6.07, 6.45) is -4.68. The maximum absolute atomic E-state index is 13.8. The molecule has 11 heteroatoms. The standard InChI is InChI=1S/C17H14F4N4O2S/c1-11-16(22-24-25(11)10-12-5-2-3-8-15(12)18)23-28(26,27)14-7-4-6-13(9-14)17(19,20)21/h2-9,23H,10H2,1H3. The van der Waals surface area contributed by atoms with Crippen molar-refractivity contribution in [1.29, 1.82) is 0 Å². The maximum atomic E-state index is 13.8. The predicted octanol–water partition coefficient (Wildman–Crippen LogP) is 3.59. The maximum Gasteiger partial charge on any atom is 0.416 e. The predicted molar refractivity (Wildman–Crippen MR) is 92.5 cm³/mol. The number of aromatic nitrogens is 3. The molecular formula is C17H14F4N4O2S. The molecule has 1 N–H and O–H groups in total. The first-order valence-corrected chi connectivity index (χ1v) is 9.40. The van der Waals surface area contributed by atoms with Gasteiger partial charge in [0.25, 0.3) is 10.0 Å². The molecule has 0 fully saturated rings. The monoisotopic (exact) mass is 414 g/mol. The van der Waals surface area contributed by atoms with Crippen LogP contribution in [0.2, 0.25) is 0 Å². The van der Waals surface area contributed by atoms with Crippen molar-refractivity contribution in [2.24, 2.45) is 0 Å². The number of hydrogen-bond acceptors (Lipinski definition) is 4. The van der Waals surface area contributed by atoms with E-state index in [9.17, 15) is 26.0 Å². The molecule has 0 aliphatic rings. The Morgan fingerprint density at radius 2 is 1.82 bits per heavy atom. The lowest BCUT2D eigenvalue weighted by Gasteiger charge is -2.10. The minimum absolute atomic E-state index is 0.0107. The van der Waals surface area contributed by atoms with E-state index in [4.69, 9.17) is 0 Å². The fraction of sp³-hybridized carbons (Fsp3) is 0.176. The summed E-state index contributed by atoms with van der Waals surface area (Å²) in [6.45, 7) is 1.52. The van der Waals surface area contributed by atoms with Crippen LogP contribution in [0.5, 0.6) is 0 Å². The van der Waals surface area contributed by atoms with Crippen LogP contribution in [-0.4, -0.2) is 23.4 Å². The van der Waals surface area contributed by atoms with Crippen LogP contribution in [0.4, 0.5) is 23.4 Å². The van der Waals surface area contributed by atoms with Gasteiger partial charge >= 0.3 is 6.18 Å². The molecule has 0 aliphatic heterocycles. The molecule has 0 atom stereocenters. The Labute approximate surface area is 157 Å². The normalized spacial score (nSPS) is 12.2. The minimum atomic E-state index is -4.68. The van der Waals surface area contributed by atoms with Crippen molar-refractivity contribution < 1.29 is 26.0 Å². The number of alkyl halides is 3. The third kappa shape index (κ3) is 4.14. The van der Waals surface area contributed by atoms with E-state index in [-0.39, 0.29) is 18.1 Å². The lowest BCUT2D eigenvalue weighted by atomic mass is 10.2. The average Bonchev–Trinajstić information content (AvgIpc) is 2.96. The molecule has 0 spiro atoms. The van der Waals surface area contributed by atoms with E-state index in [1.54, 1.807) is 12.1 Å². The molecule has 6 nitrogen and oxygen atoms in total. The largest absolute Gasteiger partial charge is 0.416 e. The molecule has 0 radical (unpaired) electrons. The molecule has 1 heterocycles. The van der Waals surface area contributed by atoms with E-state index in [0.29, 0.717) is 11.6 Å². The highest BCUT2D eigenvalue weighted by Gasteiger charge is 2.32. The molecule has 0 amide bonds. The summed E-state index contributed by atoms with van der Waals surface area (Å²) in [5, 5.41) is 7.48. The number of benzene rings is 2. The Kier molecular flexibility index (Phi) is 5.11.